The molecule has 0 aliphatic rings. The molecule has 0 aliphatic heterocycles. The van der Waals surface area contributed by atoms with Crippen molar-refractivity contribution in [2.45, 2.75) is 32.8 Å². The van der Waals surface area contributed by atoms with Crippen LogP contribution in [0.1, 0.15) is 41.2 Å². The summed E-state index contributed by atoms with van der Waals surface area (Å²) in [4.78, 5) is 15.6. The smallest absolute Gasteiger partial charge is 0.347 e. The van der Waals surface area contributed by atoms with Gasteiger partial charge in [0.1, 0.15) is 28.3 Å². The molecule has 0 radical (unpaired) electrons. The number of ether oxygens (including phenoxy) is 1. The first-order chi connectivity index (χ1) is 11.3. The average Bonchev–Trinajstić information content (AvgIpc) is 2.95. The molecule has 1 heterocycles. The van der Waals surface area contributed by atoms with Crippen LogP contribution >= 0.6 is 11.3 Å². The van der Waals surface area contributed by atoms with Crippen LogP contribution in [-0.4, -0.2) is 33.4 Å². The lowest BCUT2D eigenvalue weighted by atomic mass is 10.1. The Morgan fingerprint density at radius 1 is 1.50 bits per heavy atom. The zero-order valence-electron chi connectivity index (χ0n) is 13.7. The number of aliphatic hydroxyl groups is 1. The highest BCUT2D eigenvalue weighted by Gasteiger charge is 2.20. The minimum absolute atomic E-state index is 0.0804. The lowest BCUT2D eigenvalue weighted by Crippen LogP contribution is -2.31. The molecule has 1 aromatic heterocycles. The third-order valence-corrected chi connectivity index (χ3v) is 4.83. The molecule has 0 saturated heterocycles. The molecule has 1 aromatic carbocycles. The summed E-state index contributed by atoms with van der Waals surface area (Å²) >= 11 is 1.07. The molecule has 0 fully saturated rings. The van der Waals surface area contributed by atoms with Crippen molar-refractivity contribution in [3.8, 4) is 22.4 Å². The van der Waals surface area contributed by atoms with E-state index in [1.807, 2.05) is 6.92 Å². The van der Waals surface area contributed by atoms with Gasteiger partial charge in [-0.3, -0.25) is 0 Å². The van der Waals surface area contributed by atoms with Gasteiger partial charge in [-0.1, -0.05) is 6.92 Å². The van der Waals surface area contributed by atoms with Gasteiger partial charge in [0.05, 0.1) is 16.9 Å². The summed E-state index contributed by atoms with van der Waals surface area (Å²) in [5.41, 5.74) is 0.444. The van der Waals surface area contributed by atoms with Crippen LogP contribution in [0, 0.1) is 18.3 Å². The third kappa shape index (κ3) is 3.91. The molecule has 7 heteroatoms. The summed E-state index contributed by atoms with van der Waals surface area (Å²) in [5, 5.41) is 29.0. The first-order valence-corrected chi connectivity index (χ1v) is 8.19. The molecular formula is C17H18N2O4S. The van der Waals surface area contributed by atoms with E-state index in [-0.39, 0.29) is 11.5 Å². The molecular weight excluding hydrogens is 328 g/mol. The maximum atomic E-state index is 11.1. The first-order valence-electron chi connectivity index (χ1n) is 7.38. The van der Waals surface area contributed by atoms with Crippen molar-refractivity contribution in [1.82, 2.24) is 4.98 Å². The van der Waals surface area contributed by atoms with Crippen LogP contribution in [0.25, 0.3) is 10.6 Å². The van der Waals surface area contributed by atoms with Gasteiger partial charge in [-0.05, 0) is 38.5 Å². The van der Waals surface area contributed by atoms with Gasteiger partial charge in [-0.15, -0.1) is 11.3 Å². The number of aromatic nitrogens is 1. The quantitative estimate of drug-likeness (QED) is 0.832. The Morgan fingerprint density at radius 3 is 2.75 bits per heavy atom. The van der Waals surface area contributed by atoms with Crippen LogP contribution in [-0.2, 0) is 0 Å². The van der Waals surface area contributed by atoms with Crippen LogP contribution < -0.4 is 4.74 Å². The van der Waals surface area contributed by atoms with Crippen LogP contribution in [0.4, 0.5) is 0 Å². The molecule has 0 saturated carbocycles. The van der Waals surface area contributed by atoms with Gasteiger partial charge in [0.15, 0.2) is 0 Å². The summed E-state index contributed by atoms with van der Waals surface area (Å²) in [7, 11) is 0. The van der Waals surface area contributed by atoms with Crippen LogP contribution in [0.2, 0.25) is 0 Å². The number of nitrogens with zero attached hydrogens (tertiary/aromatic N) is 2. The Kier molecular flexibility index (Phi) is 5.22. The minimum Gasteiger partial charge on any atom is -0.489 e. The number of thiazole rings is 1. The number of benzene rings is 1. The molecule has 0 aliphatic carbocycles. The van der Waals surface area contributed by atoms with E-state index in [1.165, 1.54) is 0 Å². The topological polar surface area (TPSA) is 103 Å². The maximum absolute atomic E-state index is 11.1. The van der Waals surface area contributed by atoms with Gasteiger partial charge in [-0.2, -0.15) is 5.26 Å². The monoisotopic (exact) mass is 346 g/mol. The highest BCUT2D eigenvalue weighted by Crippen LogP contribution is 2.31. The highest BCUT2D eigenvalue weighted by atomic mass is 32.1. The summed E-state index contributed by atoms with van der Waals surface area (Å²) in [6, 6.07) is 7.03. The largest absolute Gasteiger partial charge is 0.489 e. The molecule has 2 aromatic rings. The number of hydrogen-bond donors (Lipinski definition) is 2. The van der Waals surface area contributed by atoms with Gasteiger partial charge >= 0.3 is 5.97 Å². The van der Waals surface area contributed by atoms with Gasteiger partial charge < -0.3 is 14.9 Å². The molecule has 126 valence electrons. The second kappa shape index (κ2) is 6.99. The first kappa shape index (κ1) is 17.9. The fourth-order valence-corrected chi connectivity index (χ4v) is 2.83. The average molecular weight is 346 g/mol. The Labute approximate surface area is 144 Å². The molecule has 0 bridgehead atoms. The molecule has 0 spiro atoms. The predicted octanol–water partition coefficient (Wildman–Crippen LogP) is 3.23. The second-order valence-corrected chi connectivity index (χ2v) is 6.70. The zero-order valence-corrected chi connectivity index (χ0v) is 14.5. The maximum Gasteiger partial charge on any atom is 0.347 e. The van der Waals surface area contributed by atoms with E-state index in [9.17, 15) is 15.2 Å². The highest BCUT2D eigenvalue weighted by molar-refractivity contribution is 7.17. The summed E-state index contributed by atoms with van der Waals surface area (Å²) in [6.45, 7) is 5.23. The van der Waals surface area contributed by atoms with Crippen molar-refractivity contribution in [3.63, 3.8) is 0 Å². The van der Waals surface area contributed by atoms with Crippen molar-refractivity contribution >= 4 is 17.3 Å². The van der Waals surface area contributed by atoms with E-state index in [0.29, 0.717) is 34.0 Å². The van der Waals surface area contributed by atoms with Gasteiger partial charge in [0.2, 0.25) is 0 Å². The Hall–Kier alpha value is -2.43. The molecule has 2 N–H and O–H groups in total. The number of hydrogen-bond acceptors (Lipinski definition) is 6. The minimum atomic E-state index is -1.02. The molecule has 1 unspecified atom stereocenters. The predicted molar refractivity (Wildman–Crippen MR) is 90.4 cm³/mol. The van der Waals surface area contributed by atoms with E-state index in [2.05, 4.69) is 11.1 Å². The van der Waals surface area contributed by atoms with E-state index in [1.54, 1.807) is 32.0 Å². The van der Waals surface area contributed by atoms with E-state index in [4.69, 9.17) is 9.84 Å². The summed E-state index contributed by atoms with van der Waals surface area (Å²) in [5.74, 6) is -0.639. The number of carboxylic acid groups (broad SMARTS) is 1. The van der Waals surface area contributed by atoms with Crippen LogP contribution in [0.3, 0.4) is 0 Å². The van der Waals surface area contributed by atoms with Crippen LogP contribution in [0.5, 0.6) is 5.75 Å². The zero-order chi connectivity index (χ0) is 17.9. The Bertz CT molecular complexity index is 805. The van der Waals surface area contributed by atoms with Crippen molar-refractivity contribution in [3.05, 3.63) is 34.3 Å². The Balaban J connectivity index is 2.31. The van der Waals surface area contributed by atoms with Crippen molar-refractivity contribution in [2.75, 3.05) is 6.61 Å². The van der Waals surface area contributed by atoms with Gasteiger partial charge in [0.25, 0.3) is 0 Å². The molecule has 1 atom stereocenters. The fraction of sp³-hybridized carbons (Fsp3) is 0.353. The number of carboxylic acids is 1. The Morgan fingerprint density at radius 2 is 2.21 bits per heavy atom. The molecule has 2 rings (SSSR count). The summed E-state index contributed by atoms with van der Waals surface area (Å²) < 4.78 is 5.56. The van der Waals surface area contributed by atoms with E-state index < -0.39 is 11.6 Å². The SMILES string of the molecule is CCC(C)(O)COc1ccc(-c2nc(C)c(C(=O)O)s2)cc1C#N. The number of aromatic carboxylic acids is 1. The standard InChI is InChI=1S/C17H18N2O4S/c1-4-17(3,22)9-23-13-6-5-11(7-12(13)8-18)15-19-10(2)14(24-15)16(20)21/h5-7,22H,4,9H2,1-3H3,(H,20,21). The molecule has 6 nitrogen and oxygen atoms in total. The van der Waals surface area contributed by atoms with Crippen molar-refractivity contribution in [1.29, 1.82) is 5.26 Å². The van der Waals surface area contributed by atoms with Crippen LogP contribution in [0.15, 0.2) is 18.2 Å². The number of carbonyl (C=O) groups is 1. The van der Waals surface area contributed by atoms with E-state index in [0.717, 1.165) is 11.3 Å². The lowest BCUT2D eigenvalue weighted by molar-refractivity contribution is 0.00839. The van der Waals surface area contributed by atoms with Gasteiger partial charge in [-0.25, -0.2) is 9.78 Å². The van der Waals surface area contributed by atoms with Gasteiger partial charge in [0, 0.05) is 5.56 Å². The summed E-state index contributed by atoms with van der Waals surface area (Å²) in [6.07, 6.45) is 0.531. The third-order valence-electron chi connectivity index (χ3n) is 3.64. The normalized spacial score (nSPS) is 13.1. The number of rotatable bonds is 6. The fourth-order valence-electron chi connectivity index (χ4n) is 1.93. The second-order valence-electron chi connectivity index (χ2n) is 5.70. The molecule has 0 amide bonds. The molecule has 24 heavy (non-hydrogen) atoms. The lowest BCUT2D eigenvalue weighted by Gasteiger charge is -2.21. The van der Waals surface area contributed by atoms with E-state index >= 15 is 0 Å². The van der Waals surface area contributed by atoms with Crippen molar-refractivity contribution in [2.24, 2.45) is 0 Å². The number of nitriles is 1. The number of aryl methyl sites for hydroxylation is 1. The van der Waals surface area contributed by atoms with Crippen molar-refractivity contribution < 1.29 is 19.7 Å².